The maximum atomic E-state index is 5.83. The van der Waals surface area contributed by atoms with Crippen LogP contribution in [-0.2, 0) is 16.8 Å². The van der Waals surface area contributed by atoms with Crippen molar-refractivity contribution in [3.63, 3.8) is 0 Å². The molecule has 1 aliphatic heterocycles. The second kappa shape index (κ2) is 5.02. The molecule has 0 bridgehead atoms. The van der Waals surface area contributed by atoms with E-state index in [1.54, 1.807) is 0 Å². The maximum absolute atomic E-state index is 5.83. The zero-order valence-corrected chi connectivity index (χ0v) is 11.1. The van der Waals surface area contributed by atoms with E-state index in [0.29, 0.717) is 0 Å². The third-order valence-electron chi connectivity index (χ3n) is 3.87. The number of hydrogen-bond donors (Lipinski definition) is 1. The SMILES string of the molecule is CC1(c2cnc(CCCNC3CC3)o2)CCCO1. The van der Waals surface area contributed by atoms with Crippen LogP contribution in [0, 0.1) is 0 Å². The van der Waals surface area contributed by atoms with Crippen molar-refractivity contribution in [2.45, 2.75) is 57.1 Å². The zero-order chi connectivity index (χ0) is 12.4. The van der Waals surface area contributed by atoms with Gasteiger partial charge in [-0.25, -0.2) is 4.98 Å². The van der Waals surface area contributed by atoms with Crippen molar-refractivity contribution in [2.24, 2.45) is 0 Å². The van der Waals surface area contributed by atoms with Crippen molar-refractivity contribution in [1.82, 2.24) is 10.3 Å². The van der Waals surface area contributed by atoms with Gasteiger partial charge in [0.25, 0.3) is 0 Å². The first kappa shape index (κ1) is 12.2. The topological polar surface area (TPSA) is 47.3 Å². The highest BCUT2D eigenvalue weighted by Gasteiger charge is 2.35. The molecule has 2 fully saturated rings. The Morgan fingerprint density at radius 3 is 3.11 bits per heavy atom. The molecule has 100 valence electrons. The summed E-state index contributed by atoms with van der Waals surface area (Å²) in [6.07, 6.45) is 8.68. The number of nitrogens with zero attached hydrogens (tertiary/aromatic N) is 1. The molecule has 1 aromatic rings. The summed E-state index contributed by atoms with van der Waals surface area (Å²) in [5.74, 6) is 1.74. The maximum Gasteiger partial charge on any atom is 0.194 e. The van der Waals surface area contributed by atoms with E-state index in [1.807, 2.05) is 6.20 Å². The van der Waals surface area contributed by atoms with Crippen LogP contribution in [0.5, 0.6) is 0 Å². The molecule has 0 radical (unpaired) electrons. The third-order valence-corrected chi connectivity index (χ3v) is 3.87. The van der Waals surface area contributed by atoms with Crippen molar-refractivity contribution in [3.8, 4) is 0 Å². The lowest BCUT2D eigenvalue weighted by Gasteiger charge is -2.19. The quantitative estimate of drug-likeness (QED) is 0.787. The Morgan fingerprint density at radius 2 is 2.39 bits per heavy atom. The van der Waals surface area contributed by atoms with E-state index < -0.39 is 0 Å². The number of aromatic nitrogens is 1. The van der Waals surface area contributed by atoms with Crippen LogP contribution in [0.15, 0.2) is 10.6 Å². The summed E-state index contributed by atoms with van der Waals surface area (Å²) < 4.78 is 11.6. The molecular formula is C14H22N2O2. The average Bonchev–Trinajstić information content (AvgIpc) is 2.88. The van der Waals surface area contributed by atoms with Gasteiger partial charge in [0.15, 0.2) is 11.7 Å². The standard InChI is InChI=1S/C14H22N2O2/c1-14(7-3-9-17-14)12-10-16-13(18-12)4-2-8-15-11-5-6-11/h10-11,15H,2-9H2,1H3. The van der Waals surface area contributed by atoms with E-state index >= 15 is 0 Å². The van der Waals surface area contributed by atoms with E-state index in [4.69, 9.17) is 9.15 Å². The van der Waals surface area contributed by atoms with Crippen molar-refractivity contribution >= 4 is 0 Å². The highest BCUT2D eigenvalue weighted by atomic mass is 16.5. The summed E-state index contributed by atoms with van der Waals surface area (Å²) in [5.41, 5.74) is -0.239. The molecule has 1 unspecified atom stereocenters. The number of hydrogen-bond acceptors (Lipinski definition) is 4. The van der Waals surface area contributed by atoms with Gasteiger partial charge in [0, 0.05) is 19.1 Å². The Balaban J connectivity index is 1.49. The molecule has 1 aromatic heterocycles. The normalized spacial score (nSPS) is 27.8. The van der Waals surface area contributed by atoms with E-state index in [2.05, 4.69) is 17.2 Å². The highest BCUT2D eigenvalue weighted by molar-refractivity contribution is 5.07. The summed E-state index contributed by atoms with van der Waals surface area (Å²) >= 11 is 0. The molecule has 1 aliphatic carbocycles. The van der Waals surface area contributed by atoms with Crippen LogP contribution in [-0.4, -0.2) is 24.2 Å². The first-order valence-electron chi connectivity index (χ1n) is 7.09. The smallest absolute Gasteiger partial charge is 0.194 e. The van der Waals surface area contributed by atoms with E-state index in [0.717, 1.165) is 56.5 Å². The molecule has 2 heterocycles. The molecule has 2 aliphatic rings. The fraction of sp³-hybridized carbons (Fsp3) is 0.786. The number of ether oxygens (including phenoxy) is 1. The molecule has 0 aromatic carbocycles. The van der Waals surface area contributed by atoms with Gasteiger partial charge >= 0.3 is 0 Å². The average molecular weight is 250 g/mol. The predicted molar refractivity (Wildman–Crippen MR) is 68.4 cm³/mol. The fourth-order valence-corrected chi connectivity index (χ4v) is 2.48. The molecule has 18 heavy (non-hydrogen) atoms. The van der Waals surface area contributed by atoms with Crippen molar-refractivity contribution < 1.29 is 9.15 Å². The van der Waals surface area contributed by atoms with Crippen molar-refractivity contribution in [3.05, 3.63) is 17.8 Å². The molecule has 4 nitrogen and oxygen atoms in total. The minimum absolute atomic E-state index is 0.239. The molecule has 0 amide bonds. The van der Waals surface area contributed by atoms with Crippen LogP contribution in [0.2, 0.25) is 0 Å². The van der Waals surface area contributed by atoms with E-state index in [9.17, 15) is 0 Å². The molecule has 0 spiro atoms. The van der Waals surface area contributed by atoms with Gasteiger partial charge in [-0.2, -0.15) is 0 Å². The van der Waals surface area contributed by atoms with Crippen LogP contribution in [0.25, 0.3) is 0 Å². The summed E-state index contributed by atoms with van der Waals surface area (Å²) in [6, 6.07) is 0.788. The summed E-state index contributed by atoms with van der Waals surface area (Å²) in [7, 11) is 0. The van der Waals surface area contributed by atoms with Gasteiger partial charge < -0.3 is 14.5 Å². The van der Waals surface area contributed by atoms with Crippen LogP contribution >= 0.6 is 0 Å². The van der Waals surface area contributed by atoms with Crippen molar-refractivity contribution in [2.75, 3.05) is 13.2 Å². The van der Waals surface area contributed by atoms with Gasteiger partial charge in [-0.15, -0.1) is 0 Å². The van der Waals surface area contributed by atoms with Crippen LogP contribution in [0.3, 0.4) is 0 Å². The molecular weight excluding hydrogens is 228 g/mol. The third kappa shape index (κ3) is 2.75. The van der Waals surface area contributed by atoms with E-state index in [-0.39, 0.29) is 5.60 Å². The number of nitrogens with one attached hydrogen (secondary N) is 1. The highest BCUT2D eigenvalue weighted by Crippen LogP contribution is 2.35. The molecule has 1 N–H and O–H groups in total. The Bertz CT molecular complexity index is 392. The predicted octanol–water partition coefficient (Wildman–Crippen LogP) is 2.38. The van der Waals surface area contributed by atoms with E-state index in [1.165, 1.54) is 12.8 Å². The second-order valence-corrected chi connectivity index (χ2v) is 5.63. The number of oxazole rings is 1. The lowest BCUT2D eigenvalue weighted by molar-refractivity contribution is -0.00165. The van der Waals surface area contributed by atoms with Crippen LogP contribution in [0.4, 0.5) is 0 Å². The second-order valence-electron chi connectivity index (χ2n) is 5.63. The summed E-state index contributed by atoms with van der Waals surface area (Å²) in [4.78, 5) is 4.36. The lowest BCUT2D eigenvalue weighted by atomic mass is 10.0. The van der Waals surface area contributed by atoms with Gasteiger partial charge in [-0.1, -0.05) is 0 Å². The molecule has 1 atom stereocenters. The Kier molecular flexibility index (Phi) is 3.39. The van der Waals surface area contributed by atoms with Gasteiger partial charge in [0.1, 0.15) is 5.60 Å². The Morgan fingerprint density at radius 1 is 1.50 bits per heavy atom. The van der Waals surface area contributed by atoms with Gasteiger partial charge in [0.05, 0.1) is 6.20 Å². The lowest BCUT2D eigenvalue weighted by Crippen LogP contribution is -2.19. The summed E-state index contributed by atoms with van der Waals surface area (Å²) in [6.45, 7) is 3.99. The first-order chi connectivity index (χ1) is 8.76. The van der Waals surface area contributed by atoms with Gasteiger partial charge in [-0.05, 0) is 45.6 Å². The van der Waals surface area contributed by atoms with Gasteiger partial charge in [0.2, 0.25) is 0 Å². The zero-order valence-electron chi connectivity index (χ0n) is 11.1. The molecule has 1 saturated carbocycles. The molecule has 4 heteroatoms. The Hall–Kier alpha value is -0.870. The van der Waals surface area contributed by atoms with Crippen LogP contribution in [0.1, 0.15) is 50.7 Å². The minimum Gasteiger partial charge on any atom is -0.443 e. The van der Waals surface area contributed by atoms with Crippen molar-refractivity contribution in [1.29, 1.82) is 0 Å². The first-order valence-corrected chi connectivity index (χ1v) is 7.09. The summed E-state index contributed by atoms with van der Waals surface area (Å²) in [5, 5.41) is 3.50. The molecule has 3 rings (SSSR count). The number of rotatable bonds is 6. The largest absolute Gasteiger partial charge is 0.443 e. The number of aryl methyl sites for hydroxylation is 1. The Labute approximate surface area is 108 Å². The van der Waals surface area contributed by atoms with Crippen LogP contribution < -0.4 is 5.32 Å². The van der Waals surface area contributed by atoms with Gasteiger partial charge in [-0.3, -0.25) is 0 Å². The molecule has 1 saturated heterocycles. The monoisotopic (exact) mass is 250 g/mol. The fourth-order valence-electron chi connectivity index (χ4n) is 2.48. The minimum atomic E-state index is -0.239.